The van der Waals surface area contributed by atoms with Crippen molar-refractivity contribution < 1.29 is 9.59 Å². The van der Waals surface area contributed by atoms with Gasteiger partial charge in [-0.3, -0.25) is 14.5 Å². The molecule has 1 spiro atoms. The average Bonchev–Trinajstić information content (AvgIpc) is 2.96. The molecule has 2 aliphatic heterocycles. The molecule has 3 heterocycles. The van der Waals surface area contributed by atoms with Crippen LogP contribution >= 0.6 is 0 Å². The summed E-state index contributed by atoms with van der Waals surface area (Å²) in [6.07, 6.45) is 5.01. The molecule has 2 amide bonds. The molecule has 0 bridgehead atoms. The number of amides is 2. The molecule has 138 valence electrons. The number of aryl methyl sites for hydroxylation is 2. The highest BCUT2D eigenvalue weighted by atomic mass is 16.2. The molecule has 25 heavy (non-hydrogen) atoms. The van der Waals surface area contributed by atoms with E-state index in [0.29, 0.717) is 25.8 Å². The summed E-state index contributed by atoms with van der Waals surface area (Å²) in [4.78, 5) is 30.9. The van der Waals surface area contributed by atoms with Gasteiger partial charge in [-0.25, -0.2) is 0 Å². The number of carbonyl (C=O) groups excluding carboxylic acids is 2. The summed E-state index contributed by atoms with van der Waals surface area (Å²) in [5.74, 6) is 1.20. The SMILES string of the molecule is CN1CC[C@@]2(CCC1=O)CN(C(=O)CCc1nncn1C)CCN2C. The largest absolute Gasteiger partial charge is 0.346 e. The first-order valence-electron chi connectivity index (χ1n) is 8.97. The van der Waals surface area contributed by atoms with Gasteiger partial charge in [0, 0.05) is 65.1 Å². The first kappa shape index (κ1) is 17.8. The fourth-order valence-corrected chi connectivity index (χ4v) is 3.88. The summed E-state index contributed by atoms with van der Waals surface area (Å²) in [6, 6.07) is 0. The fourth-order valence-electron chi connectivity index (χ4n) is 3.88. The Balaban J connectivity index is 1.64. The lowest BCUT2D eigenvalue weighted by Crippen LogP contribution is -2.62. The molecule has 8 nitrogen and oxygen atoms in total. The maximum absolute atomic E-state index is 12.7. The van der Waals surface area contributed by atoms with Gasteiger partial charge in [0.25, 0.3) is 0 Å². The number of hydrogen-bond donors (Lipinski definition) is 0. The average molecular weight is 348 g/mol. The normalized spacial score (nSPS) is 25.5. The summed E-state index contributed by atoms with van der Waals surface area (Å²) in [6.45, 7) is 3.07. The maximum atomic E-state index is 12.7. The van der Waals surface area contributed by atoms with Gasteiger partial charge in [0.15, 0.2) is 0 Å². The van der Waals surface area contributed by atoms with Gasteiger partial charge >= 0.3 is 0 Å². The lowest BCUT2D eigenvalue weighted by molar-refractivity contribution is -0.136. The Bertz CT molecular complexity index is 645. The number of rotatable bonds is 3. The lowest BCUT2D eigenvalue weighted by Gasteiger charge is -2.49. The molecule has 0 N–H and O–H groups in total. The number of nitrogens with zero attached hydrogens (tertiary/aromatic N) is 6. The van der Waals surface area contributed by atoms with Gasteiger partial charge in [0.05, 0.1) is 0 Å². The van der Waals surface area contributed by atoms with E-state index in [1.54, 1.807) is 6.33 Å². The van der Waals surface area contributed by atoms with Gasteiger partial charge in [-0.15, -0.1) is 10.2 Å². The Morgan fingerprint density at radius 2 is 2.00 bits per heavy atom. The van der Waals surface area contributed by atoms with Crippen LogP contribution in [0.15, 0.2) is 6.33 Å². The van der Waals surface area contributed by atoms with E-state index in [1.165, 1.54) is 0 Å². The molecule has 2 saturated heterocycles. The minimum Gasteiger partial charge on any atom is -0.346 e. The van der Waals surface area contributed by atoms with Gasteiger partial charge in [-0.05, 0) is 19.9 Å². The molecule has 1 aromatic heterocycles. The zero-order chi connectivity index (χ0) is 18.0. The highest BCUT2D eigenvalue weighted by Crippen LogP contribution is 2.32. The summed E-state index contributed by atoms with van der Waals surface area (Å²) in [5.41, 5.74) is -0.0842. The van der Waals surface area contributed by atoms with E-state index in [0.717, 1.165) is 38.3 Å². The first-order valence-corrected chi connectivity index (χ1v) is 8.97. The van der Waals surface area contributed by atoms with Crippen LogP contribution in [-0.4, -0.2) is 87.1 Å². The zero-order valence-electron chi connectivity index (χ0n) is 15.4. The predicted octanol–water partition coefficient (Wildman–Crippen LogP) is -0.0972. The van der Waals surface area contributed by atoms with Crippen LogP contribution in [0.3, 0.4) is 0 Å². The lowest BCUT2D eigenvalue weighted by atomic mass is 9.86. The molecule has 3 rings (SSSR count). The monoisotopic (exact) mass is 348 g/mol. The topological polar surface area (TPSA) is 74.6 Å². The molecule has 0 aromatic carbocycles. The number of carbonyl (C=O) groups is 2. The van der Waals surface area contributed by atoms with Gasteiger partial charge < -0.3 is 14.4 Å². The molecule has 0 aliphatic carbocycles. The third-order valence-corrected chi connectivity index (χ3v) is 5.86. The van der Waals surface area contributed by atoms with Crippen molar-refractivity contribution in [3.8, 4) is 0 Å². The second-order valence-corrected chi connectivity index (χ2v) is 7.38. The highest BCUT2D eigenvalue weighted by Gasteiger charge is 2.42. The van der Waals surface area contributed by atoms with E-state index >= 15 is 0 Å². The van der Waals surface area contributed by atoms with Crippen LogP contribution in [0.1, 0.15) is 31.5 Å². The number of aromatic nitrogens is 3. The van der Waals surface area contributed by atoms with E-state index in [9.17, 15) is 9.59 Å². The van der Waals surface area contributed by atoms with Crippen LogP contribution in [0.25, 0.3) is 0 Å². The number of likely N-dealkylation sites (tertiary alicyclic amines) is 1. The van der Waals surface area contributed by atoms with Crippen LogP contribution < -0.4 is 0 Å². The predicted molar refractivity (Wildman–Crippen MR) is 92.8 cm³/mol. The van der Waals surface area contributed by atoms with Crippen molar-refractivity contribution in [2.45, 2.75) is 37.6 Å². The standard InChI is InChI=1S/C17H28N6O2/c1-20-9-8-17(7-6-15(20)24)12-23(11-10-22(17)3)16(25)5-4-14-19-18-13-21(14)2/h13H,4-12H2,1-3H3/t17-/m0/s1. The molecular formula is C17H28N6O2. The number of piperazine rings is 1. The Morgan fingerprint density at radius 1 is 1.20 bits per heavy atom. The molecular weight excluding hydrogens is 320 g/mol. The van der Waals surface area contributed by atoms with Gasteiger partial charge in [-0.2, -0.15) is 0 Å². The van der Waals surface area contributed by atoms with E-state index in [1.807, 2.05) is 28.5 Å². The van der Waals surface area contributed by atoms with Gasteiger partial charge in [0.2, 0.25) is 11.8 Å². The number of hydrogen-bond acceptors (Lipinski definition) is 5. The van der Waals surface area contributed by atoms with Crippen molar-refractivity contribution in [2.24, 2.45) is 7.05 Å². The summed E-state index contributed by atoms with van der Waals surface area (Å²) < 4.78 is 1.85. The molecule has 1 atom stereocenters. The van der Waals surface area contributed by atoms with Crippen LogP contribution in [0, 0.1) is 0 Å². The van der Waals surface area contributed by atoms with Crippen molar-refractivity contribution in [1.82, 2.24) is 29.5 Å². The molecule has 8 heteroatoms. The van der Waals surface area contributed by atoms with Crippen molar-refractivity contribution in [3.63, 3.8) is 0 Å². The third-order valence-electron chi connectivity index (χ3n) is 5.86. The van der Waals surface area contributed by atoms with E-state index in [4.69, 9.17) is 0 Å². The summed E-state index contributed by atoms with van der Waals surface area (Å²) in [5, 5.41) is 7.91. The maximum Gasteiger partial charge on any atom is 0.223 e. The Kier molecular flexibility index (Phi) is 5.08. The van der Waals surface area contributed by atoms with Crippen molar-refractivity contribution in [2.75, 3.05) is 40.3 Å². The molecule has 0 unspecified atom stereocenters. The van der Waals surface area contributed by atoms with Crippen molar-refractivity contribution >= 4 is 11.8 Å². The molecule has 2 aliphatic rings. The Hall–Kier alpha value is -1.96. The zero-order valence-corrected chi connectivity index (χ0v) is 15.4. The Labute approximate surface area is 148 Å². The van der Waals surface area contributed by atoms with Gasteiger partial charge in [0.1, 0.15) is 12.2 Å². The van der Waals surface area contributed by atoms with E-state index < -0.39 is 0 Å². The van der Waals surface area contributed by atoms with Crippen LogP contribution in [0.4, 0.5) is 0 Å². The second-order valence-electron chi connectivity index (χ2n) is 7.38. The van der Waals surface area contributed by atoms with Crippen molar-refractivity contribution in [3.05, 3.63) is 12.2 Å². The smallest absolute Gasteiger partial charge is 0.223 e. The highest BCUT2D eigenvalue weighted by molar-refractivity contribution is 5.77. The minimum atomic E-state index is -0.0842. The summed E-state index contributed by atoms with van der Waals surface area (Å²) in [7, 11) is 5.88. The van der Waals surface area contributed by atoms with Gasteiger partial charge in [-0.1, -0.05) is 0 Å². The summed E-state index contributed by atoms with van der Waals surface area (Å²) >= 11 is 0. The van der Waals surface area contributed by atoms with Crippen LogP contribution in [0.2, 0.25) is 0 Å². The Morgan fingerprint density at radius 3 is 2.72 bits per heavy atom. The quantitative estimate of drug-likeness (QED) is 0.763. The molecule has 2 fully saturated rings. The molecule has 0 saturated carbocycles. The van der Waals surface area contributed by atoms with Crippen LogP contribution in [-0.2, 0) is 23.1 Å². The van der Waals surface area contributed by atoms with E-state index in [2.05, 4.69) is 22.1 Å². The van der Waals surface area contributed by atoms with Crippen molar-refractivity contribution in [1.29, 1.82) is 0 Å². The third kappa shape index (κ3) is 3.68. The fraction of sp³-hybridized carbons (Fsp3) is 0.765. The van der Waals surface area contributed by atoms with Crippen LogP contribution in [0.5, 0.6) is 0 Å². The minimum absolute atomic E-state index is 0.0842. The number of likely N-dealkylation sites (N-methyl/N-ethyl adjacent to an activating group) is 1. The molecule has 1 aromatic rings. The second kappa shape index (κ2) is 7.11. The molecule has 0 radical (unpaired) electrons. The van der Waals surface area contributed by atoms with E-state index in [-0.39, 0.29) is 17.4 Å². The first-order chi connectivity index (χ1) is 11.9.